The highest BCUT2D eigenvalue weighted by molar-refractivity contribution is 5.83. The molecule has 0 bridgehead atoms. The van der Waals surface area contributed by atoms with E-state index in [2.05, 4.69) is 17.1 Å². The average molecular weight is 232 g/mol. The van der Waals surface area contributed by atoms with Gasteiger partial charge in [0.1, 0.15) is 0 Å². The molecule has 3 N–H and O–H groups in total. The van der Waals surface area contributed by atoms with Gasteiger partial charge in [-0.1, -0.05) is 18.2 Å². The van der Waals surface area contributed by atoms with Crippen molar-refractivity contribution in [2.24, 2.45) is 5.73 Å². The van der Waals surface area contributed by atoms with Gasteiger partial charge in [0.05, 0.1) is 11.6 Å². The average Bonchev–Trinajstić information content (AvgIpc) is 2.71. The quantitative estimate of drug-likeness (QED) is 0.851. The molecule has 1 aromatic carbocycles. The molecule has 0 saturated carbocycles. The van der Waals surface area contributed by atoms with Gasteiger partial charge in [-0.15, -0.1) is 0 Å². The zero-order chi connectivity index (χ0) is 12.5. The first-order chi connectivity index (χ1) is 8.06. The van der Waals surface area contributed by atoms with E-state index in [4.69, 9.17) is 10.5 Å². The molecule has 0 radical (unpaired) electrons. The number of nitrogens with two attached hydrogens (primary N) is 1. The van der Waals surface area contributed by atoms with Gasteiger partial charge in [0.2, 0.25) is 0 Å². The van der Waals surface area contributed by atoms with Gasteiger partial charge >= 0.3 is 0 Å². The molecule has 17 heavy (non-hydrogen) atoms. The number of para-hydroxylation sites is 1. The SMILES string of the molecule is CCOC(C)(C)C(N)c1c[nH]c2ccccc12. The molecule has 0 spiro atoms. The first-order valence-electron chi connectivity index (χ1n) is 6.02. The minimum Gasteiger partial charge on any atom is -0.374 e. The summed E-state index contributed by atoms with van der Waals surface area (Å²) in [6.07, 6.45) is 1.98. The number of hydrogen-bond donors (Lipinski definition) is 2. The van der Waals surface area contributed by atoms with Crippen molar-refractivity contribution in [3.05, 3.63) is 36.0 Å². The summed E-state index contributed by atoms with van der Waals surface area (Å²) in [7, 11) is 0. The van der Waals surface area contributed by atoms with Crippen molar-refractivity contribution in [3.63, 3.8) is 0 Å². The van der Waals surface area contributed by atoms with E-state index in [-0.39, 0.29) is 11.6 Å². The predicted molar refractivity (Wildman–Crippen MR) is 70.9 cm³/mol. The Morgan fingerprint density at radius 1 is 1.35 bits per heavy atom. The molecule has 1 unspecified atom stereocenters. The standard InChI is InChI=1S/C14H20N2O/c1-4-17-14(2,3)13(15)11-9-16-12-8-6-5-7-10(11)12/h5-9,13,16H,4,15H2,1-3H3. The molecule has 0 aliphatic heterocycles. The lowest BCUT2D eigenvalue weighted by Crippen LogP contribution is -2.38. The molecule has 0 saturated heterocycles. The van der Waals surface area contributed by atoms with Gasteiger partial charge in [0, 0.05) is 23.7 Å². The van der Waals surface area contributed by atoms with E-state index in [1.807, 2.05) is 39.1 Å². The highest BCUT2D eigenvalue weighted by Crippen LogP contribution is 2.31. The number of aromatic amines is 1. The summed E-state index contributed by atoms with van der Waals surface area (Å²) in [5.41, 5.74) is 8.19. The van der Waals surface area contributed by atoms with Crippen LogP contribution in [0.5, 0.6) is 0 Å². The van der Waals surface area contributed by atoms with Gasteiger partial charge in [-0.3, -0.25) is 0 Å². The van der Waals surface area contributed by atoms with E-state index in [1.165, 1.54) is 5.39 Å². The van der Waals surface area contributed by atoms with Gasteiger partial charge in [0.15, 0.2) is 0 Å². The van der Waals surface area contributed by atoms with Crippen LogP contribution in [0.1, 0.15) is 32.4 Å². The lowest BCUT2D eigenvalue weighted by molar-refractivity contribution is -0.0294. The molecule has 0 amide bonds. The smallest absolute Gasteiger partial charge is 0.0818 e. The van der Waals surface area contributed by atoms with Crippen molar-refractivity contribution in [1.82, 2.24) is 4.98 Å². The number of aromatic nitrogens is 1. The number of nitrogens with one attached hydrogen (secondary N) is 1. The summed E-state index contributed by atoms with van der Waals surface area (Å²) in [6.45, 7) is 6.72. The van der Waals surface area contributed by atoms with E-state index in [0.717, 1.165) is 11.1 Å². The second-order valence-corrected chi connectivity index (χ2v) is 4.80. The molecular weight excluding hydrogens is 212 g/mol. The van der Waals surface area contributed by atoms with Crippen LogP contribution < -0.4 is 5.73 Å². The second-order valence-electron chi connectivity index (χ2n) is 4.80. The molecule has 0 fully saturated rings. The molecule has 0 aliphatic rings. The Morgan fingerprint density at radius 2 is 2.06 bits per heavy atom. The van der Waals surface area contributed by atoms with Crippen molar-refractivity contribution < 1.29 is 4.74 Å². The molecule has 2 rings (SSSR count). The highest BCUT2D eigenvalue weighted by atomic mass is 16.5. The molecule has 3 heteroatoms. The summed E-state index contributed by atoms with van der Waals surface area (Å²) in [5, 5.41) is 1.17. The van der Waals surface area contributed by atoms with Crippen LogP contribution in [-0.2, 0) is 4.74 Å². The maximum atomic E-state index is 6.32. The third-order valence-electron chi connectivity index (χ3n) is 3.22. The van der Waals surface area contributed by atoms with Crippen LogP contribution in [0.4, 0.5) is 0 Å². The van der Waals surface area contributed by atoms with Crippen molar-refractivity contribution in [2.45, 2.75) is 32.4 Å². The van der Waals surface area contributed by atoms with E-state index < -0.39 is 0 Å². The predicted octanol–water partition coefficient (Wildman–Crippen LogP) is 2.98. The molecule has 92 valence electrons. The lowest BCUT2D eigenvalue weighted by atomic mass is 9.92. The molecule has 1 heterocycles. The lowest BCUT2D eigenvalue weighted by Gasteiger charge is -2.31. The van der Waals surface area contributed by atoms with Crippen LogP contribution in [0.3, 0.4) is 0 Å². The van der Waals surface area contributed by atoms with Crippen LogP contribution in [0.2, 0.25) is 0 Å². The van der Waals surface area contributed by atoms with Crippen LogP contribution in [0, 0.1) is 0 Å². The van der Waals surface area contributed by atoms with E-state index in [9.17, 15) is 0 Å². The largest absolute Gasteiger partial charge is 0.374 e. The van der Waals surface area contributed by atoms with Gasteiger partial charge < -0.3 is 15.5 Å². The summed E-state index contributed by atoms with van der Waals surface area (Å²) >= 11 is 0. The highest BCUT2D eigenvalue weighted by Gasteiger charge is 2.29. The Balaban J connectivity index is 2.40. The fourth-order valence-corrected chi connectivity index (χ4v) is 2.19. The van der Waals surface area contributed by atoms with Gasteiger partial charge in [-0.05, 0) is 32.4 Å². The number of ether oxygens (including phenoxy) is 1. The number of H-pyrrole nitrogens is 1. The maximum absolute atomic E-state index is 6.32. The fraction of sp³-hybridized carbons (Fsp3) is 0.429. The first-order valence-corrected chi connectivity index (χ1v) is 6.02. The molecule has 1 atom stereocenters. The fourth-order valence-electron chi connectivity index (χ4n) is 2.19. The van der Waals surface area contributed by atoms with Crippen molar-refractivity contribution in [1.29, 1.82) is 0 Å². The van der Waals surface area contributed by atoms with Crippen LogP contribution in [-0.4, -0.2) is 17.2 Å². The molecular formula is C14H20N2O. The zero-order valence-corrected chi connectivity index (χ0v) is 10.7. The van der Waals surface area contributed by atoms with Crippen LogP contribution in [0.25, 0.3) is 10.9 Å². The zero-order valence-electron chi connectivity index (χ0n) is 10.7. The van der Waals surface area contributed by atoms with E-state index >= 15 is 0 Å². The number of benzene rings is 1. The van der Waals surface area contributed by atoms with Crippen molar-refractivity contribution in [3.8, 4) is 0 Å². The Bertz CT molecular complexity index is 502. The summed E-state index contributed by atoms with van der Waals surface area (Å²) in [4.78, 5) is 3.25. The molecule has 2 aromatic rings. The minimum absolute atomic E-state index is 0.140. The normalized spacial score (nSPS) is 14.1. The Hall–Kier alpha value is -1.32. The summed E-state index contributed by atoms with van der Waals surface area (Å²) in [6, 6.07) is 8.04. The number of rotatable bonds is 4. The van der Waals surface area contributed by atoms with Crippen LogP contribution in [0.15, 0.2) is 30.5 Å². The third kappa shape index (κ3) is 2.21. The van der Waals surface area contributed by atoms with Gasteiger partial charge in [-0.2, -0.15) is 0 Å². The topological polar surface area (TPSA) is 51.0 Å². The third-order valence-corrected chi connectivity index (χ3v) is 3.22. The van der Waals surface area contributed by atoms with E-state index in [0.29, 0.717) is 6.61 Å². The van der Waals surface area contributed by atoms with Gasteiger partial charge in [0.25, 0.3) is 0 Å². The number of hydrogen-bond acceptors (Lipinski definition) is 2. The summed E-state index contributed by atoms with van der Waals surface area (Å²) in [5.74, 6) is 0. The first kappa shape index (κ1) is 12.1. The van der Waals surface area contributed by atoms with Crippen molar-refractivity contribution in [2.75, 3.05) is 6.61 Å². The van der Waals surface area contributed by atoms with Gasteiger partial charge in [-0.25, -0.2) is 0 Å². The Kier molecular flexibility index (Phi) is 3.22. The maximum Gasteiger partial charge on any atom is 0.0818 e. The molecule has 1 aromatic heterocycles. The minimum atomic E-state index is -0.361. The Labute approximate surface area is 102 Å². The summed E-state index contributed by atoms with van der Waals surface area (Å²) < 4.78 is 5.72. The monoisotopic (exact) mass is 232 g/mol. The second kappa shape index (κ2) is 4.51. The van der Waals surface area contributed by atoms with E-state index in [1.54, 1.807) is 0 Å². The number of fused-ring (bicyclic) bond motifs is 1. The molecule has 0 aliphatic carbocycles. The van der Waals surface area contributed by atoms with Crippen LogP contribution >= 0.6 is 0 Å². The molecule has 3 nitrogen and oxygen atoms in total. The Morgan fingerprint density at radius 3 is 2.76 bits per heavy atom. The van der Waals surface area contributed by atoms with Crippen molar-refractivity contribution >= 4 is 10.9 Å².